The van der Waals surface area contributed by atoms with E-state index < -0.39 is 22.7 Å². The summed E-state index contributed by atoms with van der Waals surface area (Å²) in [6, 6.07) is 11.7. The van der Waals surface area contributed by atoms with Crippen molar-refractivity contribution < 1.29 is 22.7 Å². The molecule has 9 heteroatoms. The Balaban J connectivity index is 1.66. The van der Waals surface area contributed by atoms with Crippen LogP contribution in [-0.2, 0) is 12.8 Å². The second-order valence-corrected chi connectivity index (χ2v) is 7.47. The van der Waals surface area contributed by atoms with E-state index in [0.29, 0.717) is 15.6 Å². The third-order valence-electron chi connectivity index (χ3n) is 3.61. The summed E-state index contributed by atoms with van der Waals surface area (Å²) >= 11 is 12.6. The first-order chi connectivity index (χ1) is 13.2. The van der Waals surface area contributed by atoms with Gasteiger partial charge >= 0.3 is 6.18 Å². The Hall–Kier alpha value is -2.22. The Kier molecular flexibility index (Phi) is 6.17. The van der Waals surface area contributed by atoms with Crippen molar-refractivity contribution in [1.82, 2.24) is 0 Å². The molecular formula is C19H12Cl2F3NO2S. The van der Waals surface area contributed by atoms with Gasteiger partial charge in [-0.3, -0.25) is 4.79 Å². The Morgan fingerprint density at radius 3 is 2.61 bits per heavy atom. The molecule has 0 aliphatic heterocycles. The number of nitrogens with one attached hydrogen (secondary N) is 1. The van der Waals surface area contributed by atoms with Gasteiger partial charge in [-0.05, 0) is 47.8 Å². The zero-order valence-electron chi connectivity index (χ0n) is 14.0. The van der Waals surface area contributed by atoms with Gasteiger partial charge < -0.3 is 10.1 Å². The predicted octanol–water partition coefficient (Wildman–Crippen LogP) is 6.91. The van der Waals surface area contributed by atoms with Gasteiger partial charge in [-0.25, -0.2) is 0 Å². The number of hydrogen-bond donors (Lipinski definition) is 1. The third-order valence-corrected chi connectivity index (χ3v) is 5.15. The lowest BCUT2D eigenvalue weighted by Crippen LogP contribution is -2.12. The number of anilines is 1. The number of rotatable bonds is 5. The van der Waals surface area contributed by atoms with E-state index in [-0.39, 0.29) is 12.3 Å². The summed E-state index contributed by atoms with van der Waals surface area (Å²) < 4.78 is 44.4. The van der Waals surface area contributed by atoms with Gasteiger partial charge in [0, 0.05) is 16.3 Å². The number of hydrogen-bond acceptors (Lipinski definition) is 3. The van der Waals surface area contributed by atoms with Gasteiger partial charge in [-0.1, -0.05) is 29.3 Å². The number of benzene rings is 2. The monoisotopic (exact) mass is 445 g/mol. The molecule has 2 aromatic carbocycles. The Morgan fingerprint density at radius 2 is 1.89 bits per heavy atom. The minimum atomic E-state index is -4.61. The largest absolute Gasteiger partial charge is 0.489 e. The van der Waals surface area contributed by atoms with E-state index in [1.165, 1.54) is 6.07 Å². The first-order valence-corrected chi connectivity index (χ1v) is 9.50. The first-order valence-electron chi connectivity index (χ1n) is 7.86. The van der Waals surface area contributed by atoms with Crippen molar-refractivity contribution in [2.45, 2.75) is 12.8 Å². The zero-order valence-corrected chi connectivity index (χ0v) is 16.3. The molecule has 0 spiro atoms. The van der Waals surface area contributed by atoms with Crippen LogP contribution in [0.15, 0.2) is 53.9 Å². The van der Waals surface area contributed by atoms with Gasteiger partial charge in [-0.2, -0.15) is 13.2 Å². The molecule has 0 fully saturated rings. The number of alkyl halides is 3. The van der Waals surface area contributed by atoms with Crippen molar-refractivity contribution >= 4 is 46.1 Å². The van der Waals surface area contributed by atoms with Crippen LogP contribution in [0.1, 0.15) is 20.8 Å². The number of halogens is 5. The second-order valence-electron chi connectivity index (χ2n) is 5.71. The van der Waals surface area contributed by atoms with E-state index in [9.17, 15) is 18.0 Å². The maximum absolute atomic E-state index is 12.9. The minimum Gasteiger partial charge on any atom is -0.489 e. The number of thiophene rings is 1. The summed E-state index contributed by atoms with van der Waals surface area (Å²) in [5.41, 5.74) is -0.247. The Morgan fingerprint density at radius 1 is 1.11 bits per heavy atom. The maximum atomic E-state index is 12.9. The fourth-order valence-electron chi connectivity index (χ4n) is 2.31. The Labute approximate surface area is 172 Å². The van der Waals surface area contributed by atoms with Gasteiger partial charge in [0.15, 0.2) is 0 Å². The highest BCUT2D eigenvalue weighted by molar-refractivity contribution is 7.12. The van der Waals surface area contributed by atoms with Crippen LogP contribution in [0.4, 0.5) is 18.9 Å². The molecule has 0 atom stereocenters. The van der Waals surface area contributed by atoms with Crippen LogP contribution >= 0.6 is 34.5 Å². The molecule has 0 bridgehead atoms. The van der Waals surface area contributed by atoms with E-state index in [0.717, 1.165) is 29.0 Å². The molecule has 3 nitrogen and oxygen atoms in total. The van der Waals surface area contributed by atoms with E-state index >= 15 is 0 Å². The average Bonchev–Trinajstić information content (AvgIpc) is 3.10. The highest BCUT2D eigenvalue weighted by Gasteiger charge is 2.33. The molecule has 0 saturated carbocycles. The molecule has 0 aliphatic carbocycles. The smallest absolute Gasteiger partial charge is 0.417 e. The summed E-state index contributed by atoms with van der Waals surface area (Å²) in [4.78, 5) is 12.7. The normalized spacial score (nSPS) is 11.3. The van der Waals surface area contributed by atoms with Gasteiger partial charge in [0.25, 0.3) is 5.91 Å². The number of ether oxygens (including phenoxy) is 1. The van der Waals surface area contributed by atoms with Crippen LogP contribution in [0, 0.1) is 0 Å². The highest BCUT2D eigenvalue weighted by Crippen LogP contribution is 2.36. The van der Waals surface area contributed by atoms with Crippen molar-refractivity contribution in [2.24, 2.45) is 0 Å². The summed E-state index contributed by atoms with van der Waals surface area (Å²) in [6.07, 6.45) is -4.61. The molecule has 0 saturated heterocycles. The molecule has 0 radical (unpaired) electrons. The highest BCUT2D eigenvalue weighted by atomic mass is 35.5. The van der Waals surface area contributed by atoms with Crippen LogP contribution in [-0.4, -0.2) is 5.91 Å². The molecule has 0 aliphatic rings. The Bertz CT molecular complexity index is 1000. The van der Waals surface area contributed by atoms with Crippen LogP contribution in [0.25, 0.3) is 0 Å². The van der Waals surface area contributed by atoms with Crippen LogP contribution in [0.5, 0.6) is 5.75 Å². The van der Waals surface area contributed by atoms with Gasteiger partial charge in [-0.15, -0.1) is 11.3 Å². The molecule has 1 heterocycles. The lowest BCUT2D eigenvalue weighted by molar-refractivity contribution is -0.137. The molecular weight excluding hydrogens is 434 g/mol. The molecule has 3 aromatic rings. The van der Waals surface area contributed by atoms with E-state index in [1.807, 2.05) is 0 Å². The number of carbonyl (C=O) groups excluding carboxylic acids is 1. The lowest BCUT2D eigenvalue weighted by Gasteiger charge is -2.11. The van der Waals surface area contributed by atoms with Gasteiger partial charge in [0.1, 0.15) is 12.4 Å². The van der Waals surface area contributed by atoms with Gasteiger partial charge in [0.05, 0.1) is 15.5 Å². The summed E-state index contributed by atoms with van der Waals surface area (Å²) in [6.45, 7) is 0.225. The fourth-order valence-corrected chi connectivity index (χ4v) is 3.50. The molecule has 28 heavy (non-hydrogen) atoms. The molecule has 1 aromatic heterocycles. The average molecular weight is 446 g/mol. The minimum absolute atomic E-state index is 0.00634. The van der Waals surface area contributed by atoms with E-state index in [2.05, 4.69) is 5.32 Å². The first kappa shape index (κ1) is 20.5. The summed E-state index contributed by atoms with van der Waals surface area (Å²) in [5, 5.41) is 4.30. The second kappa shape index (κ2) is 8.43. The van der Waals surface area contributed by atoms with Crippen molar-refractivity contribution in [1.29, 1.82) is 0 Å². The van der Waals surface area contributed by atoms with Crippen molar-refractivity contribution in [3.63, 3.8) is 0 Å². The standard InChI is InChI=1S/C19H12Cl2F3NO2S/c20-12-2-1-3-14(7-12)27-9-11-6-17(28-10-11)18(26)25-13-4-5-16(21)15(8-13)19(22,23)24/h1-8,10H,9H2,(H,25,26). The third kappa shape index (κ3) is 5.19. The summed E-state index contributed by atoms with van der Waals surface area (Å²) in [5.74, 6) is 0.0694. The number of amides is 1. The molecule has 1 N–H and O–H groups in total. The fraction of sp³-hybridized carbons (Fsp3) is 0.105. The number of carbonyl (C=O) groups is 1. The van der Waals surface area contributed by atoms with Crippen LogP contribution in [0.2, 0.25) is 10.0 Å². The summed E-state index contributed by atoms with van der Waals surface area (Å²) in [7, 11) is 0. The maximum Gasteiger partial charge on any atom is 0.417 e. The molecule has 0 unspecified atom stereocenters. The van der Waals surface area contributed by atoms with Crippen molar-refractivity contribution in [2.75, 3.05) is 5.32 Å². The lowest BCUT2D eigenvalue weighted by atomic mass is 10.2. The van der Waals surface area contributed by atoms with Crippen molar-refractivity contribution in [3.05, 3.63) is 80.0 Å². The molecule has 146 valence electrons. The van der Waals surface area contributed by atoms with Crippen LogP contribution in [0.3, 0.4) is 0 Å². The predicted molar refractivity (Wildman–Crippen MR) is 105 cm³/mol. The van der Waals surface area contributed by atoms with Crippen LogP contribution < -0.4 is 10.1 Å². The van der Waals surface area contributed by atoms with Crippen molar-refractivity contribution in [3.8, 4) is 5.75 Å². The van der Waals surface area contributed by atoms with E-state index in [4.69, 9.17) is 27.9 Å². The zero-order chi connectivity index (χ0) is 20.3. The van der Waals surface area contributed by atoms with Gasteiger partial charge in [0.2, 0.25) is 0 Å². The van der Waals surface area contributed by atoms with E-state index in [1.54, 1.807) is 35.7 Å². The molecule has 1 amide bonds. The quantitative estimate of drug-likeness (QED) is 0.463. The topological polar surface area (TPSA) is 38.3 Å². The SMILES string of the molecule is O=C(Nc1ccc(Cl)c(C(F)(F)F)c1)c1cc(COc2cccc(Cl)c2)cs1. The molecule has 3 rings (SSSR count).